The van der Waals surface area contributed by atoms with Gasteiger partial charge in [0, 0.05) is 23.6 Å². The highest BCUT2D eigenvalue weighted by atomic mass is 79.9. The van der Waals surface area contributed by atoms with E-state index in [1.165, 1.54) is 11.1 Å². The molecule has 0 bridgehead atoms. The molecule has 1 heterocycles. The third kappa shape index (κ3) is 2.23. The summed E-state index contributed by atoms with van der Waals surface area (Å²) in [5.41, 5.74) is 8.38. The Bertz CT molecular complexity index is 343. The summed E-state index contributed by atoms with van der Waals surface area (Å²) >= 11 is 3.42. The highest BCUT2D eigenvalue weighted by Gasteiger charge is 2.09. The smallest absolute Gasteiger partial charge is 0.0357 e. The molecule has 0 saturated carbocycles. The van der Waals surface area contributed by atoms with E-state index in [9.17, 15) is 0 Å². The highest BCUT2D eigenvalue weighted by Crippen LogP contribution is 2.19. The van der Waals surface area contributed by atoms with E-state index in [0.717, 1.165) is 17.6 Å². The van der Waals surface area contributed by atoms with Crippen LogP contribution in [-0.4, -0.2) is 19.1 Å². The lowest BCUT2D eigenvalue weighted by atomic mass is 10.0. The maximum Gasteiger partial charge on any atom is 0.0357 e. The standard InChI is InChI=1S/C11H13BrN2/c12-10-3-1-8(2-4-10)9-5-11(13)7-14-6-9/h1-5,11,14H,6-7,13H2. The number of nitrogens with one attached hydrogen (secondary N) is 1. The quantitative estimate of drug-likeness (QED) is 0.800. The fourth-order valence-corrected chi connectivity index (χ4v) is 1.88. The minimum atomic E-state index is 0.141. The van der Waals surface area contributed by atoms with E-state index in [-0.39, 0.29) is 6.04 Å². The predicted molar refractivity (Wildman–Crippen MR) is 63.0 cm³/mol. The Morgan fingerprint density at radius 3 is 2.64 bits per heavy atom. The van der Waals surface area contributed by atoms with Gasteiger partial charge in [-0.25, -0.2) is 0 Å². The lowest BCUT2D eigenvalue weighted by Crippen LogP contribution is -2.37. The van der Waals surface area contributed by atoms with Gasteiger partial charge in [-0.15, -0.1) is 0 Å². The van der Waals surface area contributed by atoms with E-state index >= 15 is 0 Å². The Morgan fingerprint density at radius 1 is 1.29 bits per heavy atom. The van der Waals surface area contributed by atoms with Crippen molar-refractivity contribution in [1.82, 2.24) is 5.32 Å². The Kier molecular flexibility index (Phi) is 3.01. The molecule has 0 aliphatic carbocycles. The molecule has 1 aromatic rings. The zero-order chi connectivity index (χ0) is 9.97. The van der Waals surface area contributed by atoms with Gasteiger partial charge < -0.3 is 11.1 Å². The van der Waals surface area contributed by atoms with Gasteiger partial charge in [0.2, 0.25) is 0 Å². The molecule has 74 valence electrons. The molecule has 3 heteroatoms. The van der Waals surface area contributed by atoms with Crippen molar-refractivity contribution in [3.63, 3.8) is 0 Å². The van der Waals surface area contributed by atoms with Gasteiger partial charge in [0.25, 0.3) is 0 Å². The van der Waals surface area contributed by atoms with Gasteiger partial charge in [-0.1, -0.05) is 34.1 Å². The Balaban J connectivity index is 2.26. The van der Waals surface area contributed by atoms with Crippen molar-refractivity contribution in [2.24, 2.45) is 5.73 Å². The summed E-state index contributed by atoms with van der Waals surface area (Å²) in [5, 5.41) is 3.29. The lowest BCUT2D eigenvalue weighted by molar-refractivity contribution is 0.663. The molecule has 1 unspecified atom stereocenters. The Labute approximate surface area is 92.3 Å². The molecule has 14 heavy (non-hydrogen) atoms. The summed E-state index contributed by atoms with van der Waals surface area (Å²) in [7, 11) is 0. The molecule has 3 N–H and O–H groups in total. The van der Waals surface area contributed by atoms with Crippen LogP contribution < -0.4 is 11.1 Å². The molecule has 2 rings (SSSR count). The summed E-state index contributed by atoms with van der Waals surface area (Å²) < 4.78 is 1.11. The summed E-state index contributed by atoms with van der Waals surface area (Å²) in [6, 6.07) is 8.46. The fourth-order valence-electron chi connectivity index (χ4n) is 1.61. The van der Waals surface area contributed by atoms with Crippen LogP contribution in [0.5, 0.6) is 0 Å². The third-order valence-electron chi connectivity index (χ3n) is 2.33. The number of halogens is 1. The number of hydrogen-bond acceptors (Lipinski definition) is 2. The van der Waals surface area contributed by atoms with Crippen LogP contribution in [0.4, 0.5) is 0 Å². The largest absolute Gasteiger partial charge is 0.323 e. The molecule has 1 atom stereocenters. The van der Waals surface area contributed by atoms with Crippen molar-refractivity contribution < 1.29 is 0 Å². The van der Waals surface area contributed by atoms with Crippen LogP contribution in [0, 0.1) is 0 Å². The first-order valence-electron chi connectivity index (χ1n) is 4.68. The molecule has 1 aromatic carbocycles. The van der Waals surface area contributed by atoms with Gasteiger partial charge in [0.1, 0.15) is 0 Å². The first kappa shape index (κ1) is 9.90. The highest BCUT2D eigenvalue weighted by molar-refractivity contribution is 9.10. The summed E-state index contributed by atoms with van der Waals surface area (Å²) in [6.07, 6.45) is 2.14. The second-order valence-corrected chi connectivity index (χ2v) is 4.41. The number of nitrogens with two attached hydrogens (primary N) is 1. The van der Waals surface area contributed by atoms with Gasteiger partial charge >= 0.3 is 0 Å². The van der Waals surface area contributed by atoms with E-state index in [1.54, 1.807) is 0 Å². The fraction of sp³-hybridized carbons (Fsp3) is 0.273. The van der Waals surface area contributed by atoms with Gasteiger partial charge in [0.05, 0.1) is 0 Å². The minimum Gasteiger partial charge on any atom is -0.323 e. The van der Waals surface area contributed by atoms with E-state index in [2.05, 4.69) is 51.6 Å². The van der Waals surface area contributed by atoms with E-state index in [1.807, 2.05) is 0 Å². The third-order valence-corrected chi connectivity index (χ3v) is 2.85. The maximum atomic E-state index is 5.84. The van der Waals surface area contributed by atoms with E-state index in [4.69, 9.17) is 5.73 Å². The summed E-state index contributed by atoms with van der Waals surface area (Å²) in [5.74, 6) is 0. The monoisotopic (exact) mass is 252 g/mol. The summed E-state index contributed by atoms with van der Waals surface area (Å²) in [4.78, 5) is 0. The maximum absolute atomic E-state index is 5.84. The SMILES string of the molecule is NC1C=C(c2ccc(Br)cc2)CNC1. The molecule has 1 aliphatic rings. The molecule has 0 fully saturated rings. The first-order chi connectivity index (χ1) is 6.75. The van der Waals surface area contributed by atoms with Crippen LogP contribution in [-0.2, 0) is 0 Å². The molecular weight excluding hydrogens is 240 g/mol. The Hall–Kier alpha value is -0.640. The van der Waals surface area contributed by atoms with Crippen molar-refractivity contribution in [3.8, 4) is 0 Å². The summed E-state index contributed by atoms with van der Waals surface area (Å²) in [6.45, 7) is 1.79. The predicted octanol–water partition coefficient (Wildman–Crippen LogP) is 1.76. The van der Waals surface area contributed by atoms with Crippen molar-refractivity contribution in [3.05, 3.63) is 40.4 Å². The van der Waals surface area contributed by atoms with Crippen LogP contribution in [0.3, 0.4) is 0 Å². The van der Waals surface area contributed by atoms with Crippen LogP contribution in [0.25, 0.3) is 5.57 Å². The van der Waals surface area contributed by atoms with Crippen molar-refractivity contribution in [2.75, 3.05) is 13.1 Å². The second-order valence-electron chi connectivity index (χ2n) is 3.49. The molecule has 2 nitrogen and oxygen atoms in total. The second kappa shape index (κ2) is 4.26. The normalized spacial score (nSPS) is 21.9. The Morgan fingerprint density at radius 2 is 2.00 bits per heavy atom. The molecule has 0 amide bonds. The molecule has 0 spiro atoms. The van der Waals surface area contributed by atoms with Crippen molar-refractivity contribution >= 4 is 21.5 Å². The van der Waals surface area contributed by atoms with Crippen LogP contribution in [0.15, 0.2) is 34.8 Å². The lowest BCUT2D eigenvalue weighted by Gasteiger charge is -2.19. The zero-order valence-corrected chi connectivity index (χ0v) is 9.42. The average molecular weight is 253 g/mol. The van der Waals surface area contributed by atoms with Gasteiger partial charge in [-0.2, -0.15) is 0 Å². The van der Waals surface area contributed by atoms with Crippen molar-refractivity contribution in [2.45, 2.75) is 6.04 Å². The molecule has 0 saturated heterocycles. The van der Waals surface area contributed by atoms with Crippen molar-refractivity contribution in [1.29, 1.82) is 0 Å². The van der Waals surface area contributed by atoms with Gasteiger partial charge in [-0.3, -0.25) is 0 Å². The average Bonchev–Trinajstić information content (AvgIpc) is 2.19. The molecule has 1 aliphatic heterocycles. The van der Waals surface area contributed by atoms with Crippen LogP contribution in [0.2, 0.25) is 0 Å². The first-order valence-corrected chi connectivity index (χ1v) is 5.48. The van der Waals surface area contributed by atoms with Crippen LogP contribution in [0.1, 0.15) is 5.56 Å². The number of benzene rings is 1. The number of hydrogen-bond donors (Lipinski definition) is 2. The molecular formula is C11H13BrN2. The zero-order valence-electron chi connectivity index (χ0n) is 7.83. The number of rotatable bonds is 1. The van der Waals surface area contributed by atoms with E-state index < -0.39 is 0 Å². The van der Waals surface area contributed by atoms with Gasteiger partial charge in [0.15, 0.2) is 0 Å². The molecule has 0 aromatic heterocycles. The van der Waals surface area contributed by atoms with Crippen LogP contribution >= 0.6 is 15.9 Å². The minimum absolute atomic E-state index is 0.141. The van der Waals surface area contributed by atoms with Gasteiger partial charge in [-0.05, 0) is 23.3 Å². The van der Waals surface area contributed by atoms with E-state index in [0.29, 0.717) is 0 Å². The topological polar surface area (TPSA) is 38.0 Å². The molecule has 0 radical (unpaired) electrons.